The lowest BCUT2D eigenvalue weighted by atomic mass is 10.2. The molecule has 0 aliphatic rings. The first-order valence-corrected chi connectivity index (χ1v) is 7.27. The van der Waals surface area contributed by atoms with Gasteiger partial charge in [0.1, 0.15) is 0 Å². The second kappa shape index (κ2) is 7.07. The molecule has 0 saturated heterocycles. The summed E-state index contributed by atoms with van der Waals surface area (Å²) < 4.78 is 0. The number of hydrogen-bond donors (Lipinski definition) is 1. The number of thioether (sulfide) groups is 1. The Kier molecular flexibility index (Phi) is 5.15. The maximum atomic E-state index is 10.6. The molecule has 0 radical (unpaired) electrons. The Morgan fingerprint density at radius 2 is 1.65 bits per heavy atom. The van der Waals surface area contributed by atoms with Crippen molar-refractivity contribution in [3.63, 3.8) is 0 Å². The molecule has 2 aromatic rings. The molecule has 0 aliphatic carbocycles. The van der Waals surface area contributed by atoms with Crippen molar-refractivity contribution in [3.05, 3.63) is 69.8 Å². The molecule has 0 saturated carbocycles. The minimum atomic E-state index is -0.378. The largest absolute Gasteiger partial charge is 0.316 e. The fourth-order valence-electron chi connectivity index (χ4n) is 1.79. The molecule has 0 fully saturated rings. The molecule has 0 amide bonds. The molecule has 0 aromatic heterocycles. The van der Waals surface area contributed by atoms with E-state index < -0.39 is 0 Å². The van der Waals surface area contributed by atoms with Crippen LogP contribution >= 0.6 is 11.8 Å². The van der Waals surface area contributed by atoms with Crippen LogP contribution in [-0.2, 0) is 12.3 Å². The van der Waals surface area contributed by atoms with Gasteiger partial charge in [-0.05, 0) is 30.3 Å². The molecule has 20 heavy (non-hydrogen) atoms. The Hall–Kier alpha value is -1.85. The van der Waals surface area contributed by atoms with Crippen LogP contribution in [0.4, 0.5) is 5.69 Å². The van der Waals surface area contributed by atoms with Crippen molar-refractivity contribution in [2.45, 2.75) is 17.2 Å². The lowest BCUT2D eigenvalue weighted by molar-refractivity contribution is -0.384. The maximum absolute atomic E-state index is 10.6. The molecular formula is C15H16N2O2S. The zero-order valence-corrected chi connectivity index (χ0v) is 12.0. The summed E-state index contributed by atoms with van der Waals surface area (Å²) in [6.45, 7) is 0.868. The predicted octanol–water partition coefficient (Wildman–Crippen LogP) is 3.61. The standard InChI is InChI=1S/C15H16N2O2S/c1-16-10-12-4-8-15(9-5-12)20-11-13-2-6-14(7-3-13)17(18)19/h2-9,16H,10-11H2,1H3. The lowest BCUT2D eigenvalue weighted by Gasteiger charge is -2.04. The quantitative estimate of drug-likeness (QED) is 0.501. The van der Waals surface area contributed by atoms with Gasteiger partial charge in [-0.1, -0.05) is 24.3 Å². The fraction of sp³-hybridized carbons (Fsp3) is 0.200. The molecule has 0 spiro atoms. The Balaban J connectivity index is 1.92. The van der Waals surface area contributed by atoms with E-state index in [4.69, 9.17) is 0 Å². The van der Waals surface area contributed by atoms with Gasteiger partial charge in [0.15, 0.2) is 0 Å². The van der Waals surface area contributed by atoms with Crippen LogP contribution in [0.25, 0.3) is 0 Å². The lowest BCUT2D eigenvalue weighted by Crippen LogP contribution is -2.04. The van der Waals surface area contributed by atoms with Gasteiger partial charge >= 0.3 is 0 Å². The highest BCUT2D eigenvalue weighted by molar-refractivity contribution is 7.98. The fourth-order valence-corrected chi connectivity index (χ4v) is 2.64. The SMILES string of the molecule is CNCc1ccc(SCc2ccc([N+](=O)[O-])cc2)cc1. The number of nitro benzene ring substituents is 1. The first-order valence-electron chi connectivity index (χ1n) is 6.28. The Labute approximate surface area is 122 Å². The smallest absolute Gasteiger partial charge is 0.269 e. The van der Waals surface area contributed by atoms with E-state index in [1.807, 2.05) is 7.05 Å². The van der Waals surface area contributed by atoms with E-state index in [0.29, 0.717) is 0 Å². The average molecular weight is 288 g/mol. The molecule has 2 rings (SSSR count). The Morgan fingerprint density at radius 1 is 1.05 bits per heavy atom. The first-order chi connectivity index (χ1) is 9.69. The van der Waals surface area contributed by atoms with E-state index in [9.17, 15) is 10.1 Å². The van der Waals surface area contributed by atoms with E-state index in [1.165, 1.54) is 10.5 Å². The molecule has 4 nitrogen and oxygen atoms in total. The van der Waals surface area contributed by atoms with Crippen LogP contribution in [-0.4, -0.2) is 12.0 Å². The van der Waals surface area contributed by atoms with E-state index in [-0.39, 0.29) is 10.6 Å². The number of non-ortho nitro benzene ring substituents is 1. The summed E-state index contributed by atoms with van der Waals surface area (Å²) in [6, 6.07) is 15.1. The first kappa shape index (κ1) is 14.6. The summed E-state index contributed by atoms with van der Waals surface area (Å²) in [7, 11) is 1.93. The predicted molar refractivity (Wildman–Crippen MR) is 81.9 cm³/mol. The third kappa shape index (κ3) is 4.08. The van der Waals surface area contributed by atoms with Gasteiger partial charge in [0.25, 0.3) is 5.69 Å². The number of nitrogens with zero attached hydrogens (tertiary/aromatic N) is 1. The van der Waals surface area contributed by atoms with E-state index in [0.717, 1.165) is 17.9 Å². The van der Waals surface area contributed by atoms with Crippen molar-refractivity contribution in [2.24, 2.45) is 0 Å². The maximum Gasteiger partial charge on any atom is 0.269 e. The molecular weight excluding hydrogens is 272 g/mol. The highest BCUT2D eigenvalue weighted by Crippen LogP contribution is 2.24. The summed E-state index contributed by atoms with van der Waals surface area (Å²) in [4.78, 5) is 11.4. The van der Waals surface area contributed by atoms with Gasteiger partial charge < -0.3 is 5.32 Å². The highest BCUT2D eigenvalue weighted by Gasteiger charge is 2.04. The van der Waals surface area contributed by atoms with Crippen LogP contribution in [0.15, 0.2) is 53.4 Å². The van der Waals surface area contributed by atoms with Crippen molar-refractivity contribution in [3.8, 4) is 0 Å². The van der Waals surface area contributed by atoms with Crippen molar-refractivity contribution in [1.82, 2.24) is 5.32 Å². The van der Waals surface area contributed by atoms with Crippen LogP contribution in [0, 0.1) is 10.1 Å². The molecule has 0 heterocycles. The van der Waals surface area contributed by atoms with Gasteiger partial charge in [-0.2, -0.15) is 0 Å². The van der Waals surface area contributed by atoms with Crippen molar-refractivity contribution in [2.75, 3.05) is 7.05 Å². The molecule has 1 N–H and O–H groups in total. The minimum Gasteiger partial charge on any atom is -0.316 e. The van der Waals surface area contributed by atoms with Gasteiger partial charge in [-0.25, -0.2) is 0 Å². The molecule has 0 bridgehead atoms. The second-order valence-corrected chi connectivity index (χ2v) is 5.44. The van der Waals surface area contributed by atoms with Crippen LogP contribution in [0.2, 0.25) is 0 Å². The third-order valence-corrected chi connectivity index (χ3v) is 3.94. The molecule has 2 aromatic carbocycles. The molecule has 0 atom stereocenters. The topological polar surface area (TPSA) is 55.2 Å². The summed E-state index contributed by atoms with van der Waals surface area (Å²) in [5.74, 6) is 0.809. The van der Waals surface area contributed by atoms with Crippen molar-refractivity contribution in [1.29, 1.82) is 0 Å². The Morgan fingerprint density at radius 3 is 2.20 bits per heavy atom. The van der Waals surface area contributed by atoms with Crippen LogP contribution < -0.4 is 5.32 Å². The van der Waals surface area contributed by atoms with Gasteiger partial charge in [0, 0.05) is 29.3 Å². The number of hydrogen-bond acceptors (Lipinski definition) is 4. The third-order valence-electron chi connectivity index (χ3n) is 2.86. The zero-order chi connectivity index (χ0) is 14.4. The van der Waals surface area contributed by atoms with Gasteiger partial charge in [0.2, 0.25) is 0 Å². The number of rotatable bonds is 6. The second-order valence-electron chi connectivity index (χ2n) is 4.39. The van der Waals surface area contributed by atoms with E-state index in [1.54, 1.807) is 36.0 Å². The molecule has 0 aliphatic heterocycles. The van der Waals surface area contributed by atoms with E-state index >= 15 is 0 Å². The molecule has 0 unspecified atom stereocenters. The number of nitro groups is 1. The average Bonchev–Trinajstić information content (AvgIpc) is 2.47. The Bertz CT molecular complexity index is 567. The summed E-state index contributed by atoms with van der Waals surface area (Å²) >= 11 is 1.72. The minimum absolute atomic E-state index is 0.134. The normalized spacial score (nSPS) is 10.4. The summed E-state index contributed by atoms with van der Waals surface area (Å²) in [5, 5.41) is 13.7. The van der Waals surface area contributed by atoms with Crippen LogP contribution in [0.5, 0.6) is 0 Å². The number of benzene rings is 2. The van der Waals surface area contributed by atoms with Crippen molar-refractivity contribution >= 4 is 17.4 Å². The molecule has 5 heteroatoms. The zero-order valence-electron chi connectivity index (χ0n) is 11.2. The van der Waals surface area contributed by atoms with Gasteiger partial charge in [-0.15, -0.1) is 11.8 Å². The summed E-state index contributed by atoms with van der Waals surface area (Å²) in [6.07, 6.45) is 0. The molecule has 104 valence electrons. The number of nitrogens with one attached hydrogen (secondary N) is 1. The van der Waals surface area contributed by atoms with Crippen LogP contribution in [0.1, 0.15) is 11.1 Å². The van der Waals surface area contributed by atoms with Gasteiger partial charge in [0.05, 0.1) is 4.92 Å². The van der Waals surface area contributed by atoms with Gasteiger partial charge in [-0.3, -0.25) is 10.1 Å². The van der Waals surface area contributed by atoms with Crippen LogP contribution in [0.3, 0.4) is 0 Å². The van der Waals surface area contributed by atoms with E-state index in [2.05, 4.69) is 29.6 Å². The monoisotopic (exact) mass is 288 g/mol. The summed E-state index contributed by atoms with van der Waals surface area (Å²) in [5.41, 5.74) is 2.47. The highest BCUT2D eigenvalue weighted by atomic mass is 32.2. The van der Waals surface area contributed by atoms with Crippen molar-refractivity contribution < 1.29 is 4.92 Å².